The quantitative estimate of drug-likeness (QED) is 0.924. The third-order valence-electron chi connectivity index (χ3n) is 2.37. The van der Waals surface area contributed by atoms with Gasteiger partial charge in [-0.1, -0.05) is 37.3 Å². The number of nitrogens with zero attached hydrogens (tertiary/aromatic N) is 2. The lowest BCUT2D eigenvalue weighted by atomic mass is 10.2. The molecule has 0 aliphatic heterocycles. The number of rotatable bonds is 4. The summed E-state index contributed by atoms with van der Waals surface area (Å²) in [5.74, 6) is -0.494. The van der Waals surface area contributed by atoms with Gasteiger partial charge in [0.2, 0.25) is 11.0 Å². The maximum absolute atomic E-state index is 12.3. The van der Waals surface area contributed by atoms with Crippen LogP contribution in [0.15, 0.2) is 30.3 Å². The molecule has 2 aromatic rings. The molecule has 4 nitrogen and oxygen atoms in total. The normalized spacial score (nSPS) is 12.1. The van der Waals surface area contributed by atoms with Crippen LogP contribution in [0.3, 0.4) is 0 Å². The number of carbonyl (C=O) groups is 1. The SMILES string of the molecule is CC(CF)C(=O)Nc1nc(-c2ccccc2)ns1. The van der Waals surface area contributed by atoms with Crippen LogP contribution in [0.1, 0.15) is 6.92 Å². The van der Waals surface area contributed by atoms with E-state index in [0.29, 0.717) is 11.0 Å². The van der Waals surface area contributed by atoms with E-state index in [9.17, 15) is 9.18 Å². The van der Waals surface area contributed by atoms with Crippen molar-refractivity contribution in [2.45, 2.75) is 6.92 Å². The second kappa shape index (κ2) is 5.68. The van der Waals surface area contributed by atoms with Crippen LogP contribution < -0.4 is 5.32 Å². The van der Waals surface area contributed by atoms with E-state index in [2.05, 4.69) is 14.7 Å². The van der Waals surface area contributed by atoms with E-state index in [4.69, 9.17) is 0 Å². The van der Waals surface area contributed by atoms with E-state index in [1.54, 1.807) is 0 Å². The average Bonchev–Trinajstić information content (AvgIpc) is 2.87. The Labute approximate surface area is 108 Å². The van der Waals surface area contributed by atoms with Crippen LogP contribution in [0, 0.1) is 5.92 Å². The highest BCUT2D eigenvalue weighted by Crippen LogP contribution is 2.20. The summed E-state index contributed by atoms with van der Waals surface area (Å²) in [5, 5.41) is 2.94. The summed E-state index contributed by atoms with van der Waals surface area (Å²) in [4.78, 5) is 15.7. The molecule has 0 saturated carbocycles. The number of anilines is 1. The summed E-state index contributed by atoms with van der Waals surface area (Å²) in [6, 6.07) is 9.46. The fourth-order valence-corrected chi connectivity index (χ4v) is 1.87. The Morgan fingerprint density at radius 3 is 2.83 bits per heavy atom. The number of carbonyl (C=O) groups excluding carboxylic acids is 1. The van der Waals surface area contributed by atoms with Crippen LogP contribution in [0.2, 0.25) is 0 Å². The van der Waals surface area contributed by atoms with Crippen LogP contribution in [0.25, 0.3) is 11.4 Å². The fourth-order valence-electron chi connectivity index (χ4n) is 1.28. The van der Waals surface area contributed by atoms with Crippen molar-refractivity contribution >= 4 is 22.6 Å². The zero-order valence-corrected chi connectivity index (χ0v) is 10.6. The van der Waals surface area contributed by atoms with Crippen molar-refractivity contribution in [2.24, 2.45) is 5.92 Å². The molecule has 1 aromatic heterocycles. The van der Waals surface area contributed by atoms with Gasteiger partial charge in [0.05, 0.1) is 5.92 Å². The van der Waals surface area contributed by atoms with Gasteiger partial charge >= 0.3 is 0 Å². The largest absolute Gasteiger partial charge is 0.300 e. The number of amides is 1. The zero-order valence-electron chi connectivity index (χ0n) is 9.76. The van der Waals surface area contributed by atoms with Gasteiger partial charge in [-0.25, -0.2) is 0 Å². The predicted octanol–water partition coefficient (Wildman–Crippen LogP) is 2.75. The van der Waals surface area contributed by atoms with E-state index < -0.39 is 12.6 Å². The Bertz CT molecular complexity index is 529. The third-order valence-corrected chi connectivity index (χ3v) is 3.00. The molecule has 2 rings (SSSR count). The van der Waals surface area contributed by atoms with Crippen LogP contribution in [-0.2, 0) is 4.79 Å². The summed E-state index contributed by atoms with van der Waals surface area (Å²) in [5.41, 5.74) is 0.882. The highest BCUT2D eigenvalue weighted by molar-refractivity contribution is 7.10. The highest BCUT2D eigenvalue weighted by Gasteiger charge is 2.15. The van der Waals surface area contributed by atoms with Crippen LogP contribution in [0.5, 0.6) is 0 Å². The molecule has 0 aliphatic carbocycles. The van der Waals surface area contributed by atoms with Crippen molar-refractivity contribution in [3.8, 4) is 11.4 Å². The summed E-state index contributed by atoms with van der Waals surface area (Å²) in [7, 11) is 0. The van der Waals surface area contributed by atoms with Crippen LogP contribution in [0.4, 0.5) is 9.52 Å². The second-order valence-corrected chi connectivity index (χ2v) is 4.59. The minimum Gasteiger partial charge on any atom is -0.300 e. The smallest absolute Gasteiger partial charge is 0.231 e. The number of hydrogen-bond acceptors (Lipinski definition) is 4. The molecule has 18 heavy (non-hydrogen) atoms. The van der Waals surface area contributed by atoms with Crippen molar-refractivity contribution in [3.63, 3.8) is 0 Å². The topological polar surface area (TPSA) is 54.9 Å². The Hall–Kier alpha value is -1.82. The zero-order chi connectivity index (χ0) is 13.0. The lowest BCUT2D eigenvalue weighted by Crippen LogP contribution is -2.21. The Morgan fingerprint density at radius 2 is 2.17 bits per heavy atom. The molecule has 6 heteroatoms. The minimum atomic E-state index is -0.684. The van der Waals surface area contributed by atoms with Crippen LogP contribution >= 0.6 is 11.5 Å². The Kier molecular flexibility index (Phi) is 3.99. The first kappa shape index (κ1) is 12.6. The van der Waals surface area contributed by atoms with Gasteiger partial charge in [-0.3, -0.25) is 9.18 Å². The molecular weight excluding hydrogens is 253 g/mol. The summed E-state index contributed by atoms with van der Waals surface area (Å²) in [6.45, 7) is 0.838. The maximum atomic E-state index is 12.3. The van der Waals surface area contributed by atoms with Crippen molar-refractivity contribution in [1.82, 2.24) is 9.36 Å². The first-order chi connectivity index (χ1) is 8.70. The molecule has 0 fully saturated rings. The minimum absolute atomic E-state index is 0.381. The number of alkyl halides is 1. The Balaban J connectivity index is 2.10. The molecule has 1 N–H and O–H groups in total. The molecule has 0 radical (unpaired) electrons. The third kappa shape index (κ3) is 2.89. The van der Waals surface area contributed by atoms with E-state index in [1.165, 1.54) is 6.92 Å². The van der Waals surface area contributed by atoms with Crippen molar-refractivity contribution < 1.29 is 9.18 Å². The molecule has 1 aromatic carbocycles. The van der Waals surface area contributed by atoms with Gasteiger partial charge < -0.3 is 5.32 Å². The summed E-state index contributed by atoms with van der Waals surface area (Å²) < 4.78 is 16.5. The van der Waals surface area contributed by atoms with Crippen molar-refractivity contribution in [3.05, 3.63) is 30.3 Å². The Morgan fingerprint density at radius 1 is 1.44 bits per heavy atom. The van der Waals surface area contributed by atoms with E-state index >= 15 is 0 Å². The number of hydrogen-bond donors (Lipinski definition) is 1. The molecule has 1 atom stereocenters. The molecule has 0 bridgehead atoms. The van der Waals surface area contributed by atoms with Crippen molar-refractivity contribution in [1.29, 1.82) is 0 Å². The average molecular weight is 265 g/mol. The van der Waals surface area contributed by atoms with E-state index in [-0.39, 0.29) is 5.91 Å². The number of aromatic nitrogens is 2. The standard InChI is InChI=1S/C12H12FN3OS/c1-8(7-13)11(17)15-12-14-10(16-18-12)9-5-3-2-4-6-9/h2-6,8H,7H2,1H3,(H,14,15,16,17). The van der Waals surface area contributed by atoms with Crippen LogP contribution in [-0.4, -0.2) is 21.9 Å². The highest BCUT2D eigenvalue weighted by atomic mass is 32.1. The van der Waals surface area contributed by atoms with Gasteiger partial charge in [0.25, 0.3) is 0 Å². The number of benzene rings is 1. The molecule has 94 valence electrons. The number of nitrogens with one attached hydrogen (secondary N) is 1. The van der Waals surface area contributed by atoms with Gasteiger partial charge in [0.15, 0.2) is 5.82 Å². The van der Waals surface area contributed by atoms with Gasteiger partial charge in [-0.05, 0) is 0 Å². The predicted molar refractivity (Wildman–Crippen MR) is 69.1 cm³/mol. The lowest BCUT2D eigenvalue weighted by Gasteiger charge is -2.04. The number of halogens is 1. The molecule has 0 spiro atoms. The van der Waals surface area contributed by atoms with Crippen molar-refractivity contribution in [2.75, 3.05) is 12.0 Å². The first-order valence-corrected chi connectivity index (χ1v) is 6.24. The van der Waals surface area contributed by atoms with Gasteiger partial charge in [-0.2, -0.15) is 9.36 Å². The lowest BCUT2D eigenvalue weighted by molar-refractivity contribution is -0.119. The molecule has 0 saturated heterocycles. The second-order valence-electron chi connectivity index (χ2n) is 3.83. The van der Waals surface area contributed by atoms with Gasteiger partial charge in [0, 0.05) is 17.1 Å². The maximum Gasteiger partial charge on any atom is 0.231 e. The molecular formula is C12H12FN3OS. The van der Waals surface area contributed by atoms with Gasteiger partial charge in [-0.15, -0.1) is 0 Å². The molecule has 0 aliphatic rings. The molecule has 1 heterocycles. The van der Waals surface area contributed by atoms with E-state index in [1.807, 2.05) is 30.3 Å². The molecule has 1 unspecified atom stereocenters. The summed E-state index contributed by atoms with van der Waals surface area (Å²) in [6.07, 6.45) is 0. The summed E-state index contributed by atoms with van der Waals surface area (Å²) >= 11 is 1.09. The molecule has 1 amide bonds. The fraction of sp³-hybridized carbons (Fsp3) is 0.250. The van der Waals surface area contributed by atoms with Gasteiger partial charge in [0.1, 0.15) is 6.67 Å². The first-order valence-electron chi connectivity index (χ1n) is 5.46. The van der Waals surface area contributed by atoms with E-state index in [0.717, 1.165) is 17.1 Å². The monoisotopic (exact) mass is 265 g/mol.